The van der Waals surface area contributed by atoms with Crippen LogP contribution in [0.4, 0.5) is 0 Å². The monoisotopic (exact) mass is 342 g/mol. The van der Waals surface area contributed by atoms with Crippen LogP contribution in [0, 0.1) is 5.92 Å². The van der Waals surface area contributed by atoms with Crippen LogP contribution in [0.25, 0.3) is 0 Å². The Kier molecular flexibility index (Phi) is 6.81. The zero-order valence-electron chi connectivity index (χ0n) is 15.1. The van der Waals surface area contributed by atoms with Crippen molar-refractivity contribution in [3.05, 3.63) is 48.2 Å². The quantitative estimate of drug-likeness (QED) is 0.744. The van der Waals surface area contributed by atoms with Crippen LogP contribution in [-0.4, -0.2) is 17.0 Å². The van der Waals surface area contributed by atoms with Gasteiger partial charge in [-0.2, -0.15) is 0 Å². The molecule has 5 heteroatoms. The zero-order valence-corrected chi connectivity index (χ0v) is 15.1. The first-order valence-corrected chi connectivity index (χ1v) is 8.60. The maximum atomic E-state index is 10.9. The van der Waals surface area contributed by atoms with Gasteiger partial charge in [-0.15, -0.1) is 0 Å². The van der Waals surface area contributed by atoms with Crippen molar-refractivity contribution in [3.8, 4) is 17.4 Å². The Morgan fingerprint density at radius 1 is 1.08 bits per heavy atom. The van der Waals surface area contributed by atoms with Gasteiger partial charge < -0.3 is 15.2 Å². The molecular formula is C20H26N2O3. The fourth-order valence-electron chi connectivity index (χ4n) is 2.47. The van der Waals surface area contributed by atoms with Gasteiger partial charge in [0.25, 0.3) is 0 Å². The second-order valence-corrected chi connectivity index (χ2v) is 6.56. The Hall–Kier alpha value is -2.56. The van der Waals surface area contributed by atoms with Crippen molar-refractivity contribution in [2.24, 2.45) is 11.7 Å². The summed E-state index contributed by atoms with van der Waals surface area (Å²) >= 11 is 0. The molecule has 0 aliphatic heterocycles. The normalized spacial score (nSPS) is 12.0. The fourth-order valence-corrected chi connectivity index (χ4v) is 2.47. The van der Waals surface area contributed by atoms with Gasteiger partial charge in [0.15, 0.2) is 0 Å². The van der Waals surface area contributed by atoms with Crippen molar-refractivity contribution in [3.63, 3.8) is 0 Å². The number of carbonyl (C=O) groups excluding carboxylic acids is 1. The van der Waals surface area contributed by atoms with Gasteiger partial charge in [-0.25, -0.2) is 4.98 Å². The van der Waals surface area contributed by atoms with Gasteiger partial charge in [-0.1, -0.05) is 19.1 Å². The molecule has 0 aliphatic rings. The van der Waals surface area contributed by atoms with Crippen molar-refractivity contribution in [2.75, 3.05) is 0 Å². The summed E-state index contributed by atoms with van der Waals surface area (Å²) in [5.74, 6) is 2.04. The van der Waals surface area contributed by atoms with E-state index in [1.165, 1.54) is 5.56 Å². The van der Waals surface area contributed by atoms with Crippen molar-refractivity contribution in [2.45, 2.75) is 46.1 Å². The van der Waals surface area contributed by atoms with E-state index in [4.69, 9.17) is 15.2 Å². The molecule has 2 aromatic rings. The minimum absolute atomic E-state index is 0.117. The molecule has 1 aromatic carbocycles. The van der Waals surface area contributed by atoms with Gasteiger partial charge in [0.05, 0.1) is 12.3 Å². The van der Waals surface area contributed by atoms with Gasteiger partial charge in [0.1, 0.15) is 11.5 Å². The highest BCUT2D eigenvalue weighted by Crippen LogP contribution is 2.23. The molecule has 2 rings (SSSR count). The molecule has 0 aliphatic carbocycles. The molecular weight excluding hydrogens is 316 g/mol. The molecule has 1 aromatic heterocycles. The number of amides is 1. The van der Waals surface area contributed by atoms with Crippen molar-refractivity contribution < 1.29 is 14.3 Å². The summed E-state index contributed by atoms with van der Waals surface area (Å²) in [6.45, 7) is 5.99. The van der Waals surface area contributed by atoms with E-state index in [1.807, 2.05) is 51.1 Å². The van der Waals surface area contributed by atoms with E-state index in [1.54, 1.807) is 12.3 Å². The predicted molar refractivity (Wildman–Crippen MR) is 97.8 cm³/mol. The SMILES string of the molecule is CC(C)Oc1ccc(Oc2ccc(CC[C@H](C)CC(N)=O)cc2)nc1. The largest absolute Gasteiger partial charge is 0.489 e. The summed E-state index contributed by atoms with van der Waals surface area (Å²) in [4.78, 5) is 15.2. The summed E-state index contributed by atoms with van der Waals surface area (Å²) in [6.07, 6.45) is 4.05. The van der Waals surface area contributed by atoms with E-state index in [9.17, 15) is 4.79 Å². The van der Waals surface area contributed by atoms with Crippen LogP contribution >= 0.6 is 0 Å². The van der Waals surface area contributed by atoms with E-state index in [2.05, 4.69) is 4.98 Å². The number of aryl methyl sites for hydroxylation is 1. The Balaban J connectivity index is 1.86. The smallest absolute Gasteiger partial charge is 0.219 e. The molecule has 0 saturated carbocycles. The lowest BCUT2D eigenvalue weighted by Crippen LogP contribution is -2.15. The highest BCUT2D eigenvalue weighted by Gasteiger charge is 2.07. The highest BCUT2D eigenvalue weighted by molar-refractivity contribution is 5.73. The average molecular weight is 342 g/mol. The van der Waals surface area contributed by atoms with E-state index in [0.29, 0.717) is 18.2 Å². The fraction of sp³-hybridized carbons (Fsp3) is 0.400. The van der Waals surface area contributed by atoms with Crippen LogP contribution in [0.5, 0.6) is 17.4 Å². The number of rotatable bonds is 9. The van der Waals surface area contributed by atoms with E-state index < -0.39 is 0 Å². The molecule has 2 N–H and O–H groups in total. The van der Waals surface area contributed by atoms with Crippen LogP contribution in [0.3, 0.4) is 0 Å². The van der Waals surface area contributed by atoms with E-state index >= 15 is 0 Å². The number of benzene rings is 1. The van der Waals surface area contributed by atoms with Crippen LogP contribution in [-0.2, 0) is 11.2 Å². The first kappa shape index (κ1) is 18.8. The molecule has 1 atom stereocenters. The summed E-state index contributed by atoms with van der Waals surface area (Å²) in [6, 6.07) is 11.5. The minimum atomic E-state index is -0.242. The second kappa shape index (κ2) is 9.06. The third-order valence-electron chi connectivity index (χ3n) is 3.70. The van der Waals surface area contributed by atoms with Gasteiger partial charge in [-0.05, 0) is 56.4 Å². The Labute approximate surface area is 149 Å². The molecule has 25 heavy (non-hydrogen) atoms. The van der Waals surface area contributed by atoms with Crippen LogP contribution in [0.1, 0.15) is 39.2 Å². The summed E-state index contributed by atoms with van der Waals surface area (Å²) < 4.78 is 11.3. The number of pyridine rings is 1. The third-order valence-corrected chi connectivity index (χ3v) is 3.70. The Bertz CT molecular complexity index is 666. The Morgan fingerprint density at radius 3 is 2.32 bits per heavy atom. The van der Waals surface area contributed by atoms with E-state index in [-0.39, 0.29) is 12.0 Å². The van der Waals surface area contributed by atoms with Crippen LogP contribution in [0.15, 0.2) is 42.6 Å². The first-order valence-electron chi connectivity index (χ1n) is 8.60. The van der Waals surface area contributed by atoms with E-state index in [0.717, 1.165) is 24.3 Å². The molecule has 0 unspecified atom stereocenters. The summed E-state index contributed by atoms with van der Waals surface area (Å²) in [7, 11) is 0. The lowest BCUT2D eigenvalue weighted by molar-refractivity contribution is -0.118. The number of nitrogens with two attached hydrogens (primary N) is 1. The van der Waals surface area contributed by atoms with Gasteiger partial charge >= 0.3 is 0 Å². The predicted octanol–water partition coefficient (Wildman–Crippen LogP) is 4.11. The lowest BCUT2D eigenvalue weighted by atomic mass is 9.98. The minimum Gasteiger partial charge on any atom is -0.489 e. The number of hydrogen-bond acceptors (Lipinski definition) is 4. The molecule has 0 saturated heterocycles. The van der Waals surface area contributed by atoms with Gasteiger partial charge in [0, 0.05) is 12.5 Å². The third kappa shape index (κ3) is 6.83. The number of nitrogens with zero attached hydrogens (tertiary/aromatic N) is 1. The number of carbonyl (C=O) groups is 1. The second-order valence-electron chi connectivity index (χ2n) is 6.56. The number of primary amides is 1. The summed E-state index contributed by atoms with van der Waals surface area (Å²) in [5.41, 5.74) is 6.42. The zero-order chi connectivity index (χ0) is 18.2. The van der Waals surface area contributed by atoms with Gasteiger partial charge in [-0.3, -0.25) is 4.79 Å². The lowest BCUT2D eigenvalue weighted by Gasteiger charge is -2.11. The van der Waals surface area contributed by atoms with Crippen molar-refractivity contribution >= 4 is 5.91 Å². The maximum absolute atomic E-state index is 10.9. The average Bonchev–Trinajstić information content (AvgIpc) is 2.55. The number of hydrogen-bond donors (Lipinski definition) is 1. The maximum Gasteiger partial charge on any atom is 0.219 e. The standard InChI is InChI=1S/C20H26N2O3/c1-14(2)24-18-10-11-20(22-13-18)25-17-8-6-16(7-9-17)5-4-15(3)12-19(21)23/h6-11,13-15H,4-5,12H2,1-3H3,(H2,21,23)/t15-/m0/s1. The molecule has 1 amide bonds. The number of aromatic nitrogens is 1. The molecule has 0 spiro atoms. The number of ether oxygens (including phenoxy) is 2. The van der Waals surface area contributed by atoms with Gasteiger partial charge in [0.2, 0.25) is 11.8 Å². The molecule has 134 valence electrons. The highest BCUT2D eigenvalue weighted by atomic mass is 16.5. The molecule has 0 fully saturated rings. The topological polar surface area (TPSA) is 74.4 Å². The molecule has 0 bridgehead atoms. The van der Waals surface area contributed by atoms with Crippen LogP contribution in [0.2, 0.25) is 0 Å². The molecule has 1 heterocycles. The Morgan fingerprint density at radius 2 is 1.76 bits per heavy atom. The molecule has 0 radical (unpaired) electrons. The molecule has 5 nitrogen and oxygen atoms in total. The van der Waals surface area contributed by atoms with Crippen LogP contribution < -0.4 is 15.2 Å². The first-order chi connectivity index (χ1) is 11.9. The summed E-state index contributed by atoms with van der Waals surface area (Å²) in [5, 5.41) is 0. The van der Waals surface area contributed by atoms with Crippen molar-refractivity contribution in [1.82, 2.24) is 4.98 Å². The van der Waals surface area contributed by atoms with Crippen molar-refractivity contribution in [1.29, 1.82) is 0 Å².